The van der Waals surface area contributed by atoms with Crippen LogP contribution in [0.1, 0.15) is 36.4 Å². The van der Waals surface area contributed by atoms with E-state index in [1.165, 1.54) is 36.5 Å². The second-order valence-corrected chi connectivity index (χ2v) is 12.6. The normalized spacial score (nSPS) is 20.2. The molecule has 1 saturated carbocycles. The molecule has 5 rings (SSSR count). The van der Waals surface area contributed by atoms with Gasteiger partial charge in [-0.25, -0.2) is 30.9 Å². The van der Waals surface area contributed by atoms with Gasteiger partial charge in [-0.15, -0.1) is 0 Å². The van der Waals surface area contributed by atoms with E-state index in [4.69, 9.17) is 11.6 Å². The van der Waals surface area contributed by atoms with Crippen LogP contribution < -0.4 is 14.5 Å². The highest BCUT2D eigenvalue weighted by atomic mass is 35.5. The van der Waals surface area contributed by atoms with Crippen molar-refractivity contribution in [1.29, 1.82) is 0 Å². The molecule has 216 valence electrons. The Labute approximate surface area is 240 Å². The average molecular weight is 607 g/mol. The minimum atomic E-state index is -3.98. The minimum Gasteiger partial charge on any atom is -0.351 e. The Bertz CT molecular complexity index is 1600. The van der Waals surface area contributed by atoms with Gasteiger partial charge in [0, 0.05) is 41.4 Å². The van der Waals surface area contributed by atoms with E-state index in [-0.39, 0.29) is 34.3 Å². The number of halogens is 4. The van der Waals surface area contributed by atoms with E-state index in [0.717, 1.165) is 21.3 Å². The summed E-state index contributed by atoms with van der Waals surface area (Å²) < 4.78 is 68.9. The van der Waals surface area contributed by atoms with Crippen LogP contribution in [0.4, 0.5) is 24.7 Å². The van der Waals surface area contributed by atoms with E-state index >= 15 is 0 Å². The lowest BCUT2D eigenvalue weighted by atomic mass is 9.87. The number of aromatic nitrogens is 1. The van der Waals surface area contributed by atoms with Gasteiger partial charge in [0.15, 0.2) is 0 Å². The number of amides is 2. The van der Waals surface area contributed by atoms with E-state index in [0.29, 0.717) is 5.56 Å². The van der Waals surface area contributed by atoms with Gasteiger partial charge in [0.05, 0.1) is 5.75 Å². The fourth-order valence-electron chi connectivity index (χ4n) is 5.16. The summed E-state index contributed by atoms with van der Waals surface area (Å²) >= 11 is 6.48. The molecule has 2 aliphatic rings. The van der Waals surface area contributed by atoms with Crippen molar-refractivity contribution in [3.8, 4) is 0 Å². The number of anilines is 2. The summed E-state index contributed by atoms with van der Waals surface area (Å²) in [5.41, 5.74) is 0.808. The van der Waals surface area contributed by atoms with Crippen LogP contribution in [-0.2, 0) is 19.6 Å². The fourth-order valence-corrected chi connectivity index (χ4v) is 7.09. The molecular weight excluding hydrogens is 581 g/mol. The van der Waals surface area contributed by atoms with Crippen LogP contribution in [0.2, 0.25) is 5.02 Å². The quantitative estimate of drug-likeness (QED) is 0.417. The van der Waals surface area contributed by atoms with Crippen molar-refractivity contribution in [2.24, 2.45) is 0 Å². The molecule has 2 heterocycles. The van der Waals surface area contributed by atoms with Gasteiger partial charge in [0.1, 0.15) is 23.7 Å². The highest BCUT2D eigenvalue weighted by Gasteiger charge is 2.49. The van der Waals surface area contributed by atoms with E-state index in [1.807, 2.05) is 0 Å². The van der Waals surface area contributed by atoms with Gasteiger partial charge in [-0.05, 0) is 55.3 Å². The number of sulfonamides is 1. The van der Waals surface area contributed by atoms with Crippen LogP contribution in [0.15, 0.2) is 66.9 Å². The Morgan fingerprint density at radius 2 is 1.85 bits per heavy atom. The Balaban J connectivity index is 1.63. The van der Waals surface area contributed by atoms with Crippen LogP contribution in [-0.4, -0.2) is 49.0 Å². The lowest BCUT2D eigenvalue weighted by molar-refractivity contribution is -0.133. The first-order chi connectivity index (χ1) is 19.4. The Morgan fingerprint density at radius 3 is 2.51 bits per heavy atom. The summed E-state index contributed by atoms with van der Waals surface area (Å²) in [6, 6.07) is 10.6. The second kappa shape index (κ2) is 11.0. The van der Waals surface area contributed by atoms with E-state index in [1.54, 1.807) is 25.1 Å². The monoisotopic (exact) mass is 606 g/mol. The number of nitrogens with one attached hydrogen (secondary N) is 1. The summed E-state index contributed by atoms with van der Waals surface area (Å²) in [5.74, 6) is -5.63. The van der Waals surface area contributed by atoms with Crippen LogP contribution in [0, 0.1) is 12.7 Å². The van der Waals surface area contributed by atoms with E-state index < -0.39 is 64.5 Å². The molecule has 1 aromatic heterocycles. The first kappa shape index (κ1) is 28.9. The molecule has 41 heavy (non-hydrogen) atoms. The third-order valence-electron chi connectivity index (χ3n) is 7.11. The maximum Gasteiger partial charge on any atom is 0.252 e. The van der Waals surface area contributed by atoms with Gasteiger partial charge in [-0.2, -0.15) is 0 Å². The molecule has 2 fully saturated rings. The van der Waals surface area contributed by atoms with Crippen molar-refractivity contribution in [3.05, 3.63) is 88.8 Å². The summed E-state index contributed by atoms with van der Waals surface area (Å²) in [7, 11) is -3.98. The smallest absolute Gasteiger partial charge is 0.252 e. The number of hydrogen-bond acceptors (Lipinski definition) is 5. The third kappa shape index (κ3) is 5.89. The largest absolute Gasteiger partial charge is 0.351 e. The zero-order valence-electron chi connectivity index (χ0n) is 21.8. The predicted octanol–water partition coefficient (Wildman–Crippen LogP) is 4.78. The first-order valence-corrected chi connectivity index (χ1v) is 14.8. The van der Waals surface area contributed by atoms with E-state index in [2.05, 4.69) is 10.3 Å². The topological polar surface area (TPSA) is 99.7 Å². The lowest BCUT2D eigenvalue weighted by Gasteiger charge is -2.39. The number of hydrogen-bond donors (Lipinski definition) is 1. The summed E-state index contributed by atoms with van der Waals surface area (Å²) in [6.07, 6.45) is 0.137. The molecule has 0 spiro atoms. The van der Waals surface area contributed by atoms with Crippen molar-refractivity contribution in [3.63, 3.8) is 0 Å². The zero-order valence-corrected chi connectivity index (χ0v) is 23.4. The number of rotatable bonds is 7. The summed E-state index contributed by atoms with van der Waals surface area (Å²) in [4.78, 5) is 33.4. The Kier molecular flexibility index (Phi) is 7.73. The van der Waals surface area contributed by atoms with Gasteiger partial charge < -0.3 is 5.32 Å². The van der Waals surface area contributed by atoms with Crippen LogP contribution in [0.3, 0.4) is 0 Å². The zero-order chi connectivity index (χ0) is 29.5. The number of alkyl halides is 2. The molecule has 8 nitrogen and oxygen atoms in total. The minimum absolute atomic E-state index is 0.0236. The summed E-state index contributed by atoms with van der Waals surface area (Å²) in [6.45, 7) is 1.74. The SMILES string of the molecule is Cc1ccnc(N2[C@H](C(=O)N(c3cccc(F)c3)[C@H](C(=O)NC3CC(F)(F)C3)c3ccccc3Cl)CCS2(=O)=O)c1. The number of nitrogens with zero attached hydrogens (tertiary/aromatic N) is 3. The van der Waals surface area contributed by atoms with Crippen molar-refractivity contribution < 1.29 is 31.2 Å². The van der Waals surface area contributed by atoms with Gasteiger partial charge in [-0.3, -0.25) is 14.5 Å². The molecule has 13 heteroatoms. The van der Waals surface area contributed by atoms with Crippen molar-refractivity contribution >= 4 is 44.9 Å². The predicted molar refractivity (Wildman–Crippen MR) is 148 cm³/mol. The molecule has 2 amide bonds. The third-order valence-corrected chi connectivity index (χ3v) is 9.25. The molecule has 2 atom stereocenters. The van der Waals surface area contributed by atoms with E-state index in [9.17, 15) is 31.2 Å². The number of aryl methyl sites for hydroxylation is 1. The lowest BCUT2D eigenvalue weighted by Crippen LogP contribution is -2.56. The van der Waals surface area contributed by atoms with Gasteiger partial charge in [-0.1, -0.05) is 35.9 Å². The first-order valence-electron chi connectivity index (χ1n) is 12.8. The Hall–Kier alpha value is -3.64. The Morgan fingerprint density at radius 1 is 1.12 bits per heavy atom. The van der Waals surface area contributed by atoms with Crippen LogP contribution in [0.5, 0.6) is 0 Å². The highest BCUT2D eigenvalue weighted by molar-refractivity contribution is 7.93. The van der Waals surface area contributed by atoms with Crippen molar-refractivity contribution in [2.45, 2.75) is 50.2 Å². The molecule has 3 aromatic rings. The maximum absolute atomic E-state index is 14.5. The van der Waals surface area contributed by atoms with Crippen molar-refractivity contribution in [1.82, 2.24) is 10.3 Å². The maximum atomic E-state index is 14.5. The van der Waals surface area contributed by atoms with Gasteiger partial charge in [0.25, 0.3) is 11.8 Å². The summed E-state index contributed by atoms with van der Waals surface area (Å²) in [5, 5.41) is 2.66. The van der Waals surface area contributed by atoms with Gasteiger partial charge >= 0.3 is 0 Å². The van der Waals surface area contributed by atoms with Crippen molar-refractivity contribution in [2.75, 3.05) is 15.0 Å². The number of carbonyl (C=O) groups excluding carboxylic acids is 2. The molecule has 0 radical (unpaired) electrons. The average Bonchev–Trinajstić information content (AvgIpc) is 3.21. The number of benzene rings is 2. The molecule has 1 aliphatic heterocycles. The molecule has 2 aromatic carbocycles. The molecule has 1 saturated heterocycles. The molecule has 1 aliphatic carbocycles. The molecule has 0 bridgehead atoms. The molecular formula is C28H26ClF3N4O4S. The molecule has 1 N–H and O–H groups in total. The van der Waals surface area contributed by atoms with Crippen LogP contribution in [0.25, 0.3) is 0 Å². The molecule has 0 unspecified atom stereocenters. The fraction of sp³-hybridized carbons (Fsp3) is 0.321. The second-order valence-electron chi connectivity index (χ2n) is 10.2. The number of carbonyl (C=O) groups is 2. The highest BCUT2D eigenvalue weighted by Crippen LogP contribution is 2.40. The van der Waals surface area contributed by atoms with Crippen LogP contribution >= 0.6 is 11.6 Å². The number of pyridine rings is 1. The standard InChI is InChI=1S/C28H26ClF3N4O4S/c1-17-9-11-33-24(13-17)36-23(10-12-41(36,39)40)27(38)35(20-6-4-5-18(30)14-20)25(21-7-2-3-8-22(21)29)26(37)34-19-15-28(31,32)16-19/h2-9,11,13-14,19,23,25H,10,12,15-16H2,1H3,(H,34,37)/t23-,25-/m0/s1. The van der Waals surface area contributed by atoms with Gasteiger partial charge in [0.2, 0.25) is 15.9 Å².